The molecule has 3 aromatic rings. The largest absolute Gasteiger partial charge is 0.383 e. The zero-order chi connectivity index (χ0) is 17.1. The molecular weight excluding hydrogens is 367 g/mol. The number of para-hydroxylation sites is 1. The molecule has 0 bridgehead atoms. The standard InChI is InChI=1S/C17H14Cl2N2O2S/c1-23-10-9-21-15-13(19)7-4-8-14(15)24-17(21)20-16(22)11-5-2-3-6-12(11)18/h2-8H,9-10H2,1H3. The predicted molar refractivity (Wildman–Crippen MR) is 98.0 cm³/mol. The summed E-state index contributed by atoms with van der Waals surface area (Å²) in [4.78, 5) is 17.3. The van der Waals surface area contributed by atoms with Crippen molar-refractivity contribution >= 4 is 50.7 Å². The zero-order valence-corrected chi connectivity index (χ0v) is 15.2. The van der Waals surface area contributed by atoms with Crippen molar-refractivity contribution in [3.63, 3.8) is 0 Å². The first-order valence-electron chi connectivity index (χ1n) is 7.22. The van der Waals surface area contributed by atoms with Crippen LogP contribution < -0.4 is 4.80 Å². The molecule has 0 spiro atoms. The van der Waals surface area contributed by atoms with Gasteiger partial charge >= 0.3 is 0 Å². The predicted octanol–water partition coefficient (Wildman–Crippen LogP) is 4.40. The van der Waals surface area contributed by atoms with Gasteiger partial charge in [0.25, 0.3) is 5.91 Å². The maximum atomic E-state index is 12.5. The van der Waals surface area contributed by atoms with Gasteiger partial charge in [-0.25, -0.2) is 0 Å². The van der Waals surface area contributed by atoms with E-state index in [-0.39, 0.29) is 5.91 Å². The second-order valence-corrected chi connectivity index (χ2v) is 6.84. The van der Waals surface area contributed by atoms with Crippen LogP contribution >= 0.6 is 34.5 Å². The third kappa shape index (κ3) is 3.39. The number of nitrogens with zero attached hydrogens (tertiary/aromatic N) is 2. The van der Waals surface area contributed by atoms with Crippen LogP contribution in [0, 0.1) is 0 Å². The molecule has 0 atom stereocenters. The fourth-order valence-electron chi connectivity index (χ4n) is 2.34. The second-order valence-electron chi connectivity index (χ2n) is 5.01. The number of thiazole rings is 1. The highest BCUT2D eigenvalue weighted by molar-refractivity contribution is 7.16. The van der Waals surface area contributed by atoms with Gasteiger partial charge in [0, 0.05) is 13.7 Å². The molecule has 0 N–H and O–H groups in total. The number of methoxy groups -OCH3 is 1. The Labute approximate surface area is 152 Å². The minimum Gasteiger partial charge on any atom is -0.383 e. The van der Waals surface area contributed by atoms with Gasteiger partial charge in [-0.2, -0.15) is 4.99 Å². The van der Waals surface area contributed by atoms with Gasteiger partial charge in [0.1, 0.15) is 0 Å². The molecule has 24 heavy (non-hydrogen) atoms. The van der Waals surface area contributed by atoms with Crippen LogP contribution in [0.4, 0.5) is 0 Å². The molecule has 0 unspecified atom stereocenters. The van der Waals surface area contributed by atoms with E-state index in [1.54, 1.807) is 31.4 Å². The van der Waals surface area contributed by atoms with Crippen molar-refractivity contribution < 1.29 is 9.53 Å². The number of amides is 1. The van der Waals surface area contributed by atoms with E-state index in [1.807, 2.05) is 22.8 Å². The third-order valence-electron chi connectivity index (χ3n) is 3.47. The highest BCUT2D eigenvalue weighted by atomic mass is 35.5. The van der Waals surface area contributed by atoms with Crippen molar-refractivity contribution in [3.05, 3.63) is 62.9 Å². The molecule has 124 valence electrons. The first-order valence-corrected chi connectivity index (χ1v) is 8.79. The number of rotatable bonds is 4. The van der Waals surface area contributed by atoms with Gasteiger partial charge in [-0.05, 0) is 24.3 Å². The molecule has 7 heteroatoms. The van der Waals surface area contributed by atoms with E-state index in [2.05, 4.69) is 4.99 Å². The summed E-state index contributed by atoms with van der Waals surface area (Å²) < 4.78 is 8.03. The molecule has 0 saturated carbocycles. The molecule has 0 aliphatic heterocycles. The Morgan fingerprint density at radius 1 is 1.17 bits per heavy atom. The number of hydrogen-bond donors (Lipinski definition) is 0. The summed E-state index contributed by atoms with van der Waals surface area (Å²) in [5.41, 5.74) is 1.23. The molecular formula is C17H14Cl2N2O2S. The quantitative estimate of drug-likeness (QED) is 0.673. The minimum atomic E-state index is -0.380. The highest BCUT2D eigenvalue weighted by Gasteiger charge is 2.13. The molecule has 1 heterocycles. The first-order chi connectivity index (χ1) is 11.6. The van der Waals surface area contributed by atoms with Gasteiger partial charge in [-0.15, -0.1) is 0 Å². The Hall–Kier alpha value is -1.66. The van der Waals surface area contributed by atoms with Crippen LogP contribution in [0.1, 0.15) is 10.4 Å². The van der Waals surface area contributed by atoms with E-state index in [0.29, 0.717) is 33.6 Å². The van der Waals surface area contributed by atoms with E-state index in [0.717, 1.165) is 10.2 Å². The molecule has 0 aliphatic carbocycles. The van der Waals surface area contributed by atoms with E-state index in [9.17, 15) is 4.79 Å². The number of benzene rings is 2. The number of aromatic nitrogens is 1. The van der Waals surface area contributed by atoms with Gasteiger partial charge in [0.15, 0.2) is 4.80 Å². The van der Waals surface area contributed by atoms with Gasteiger partial charge in [0.05, 0.1) is 32.4 Å². The number of carbonyl (C=O) groups excluding carboxylic acids is 1. The Kier molecular flexibility index (Phi) is 5.36. The van der Waals surface area contributed by atoms with Crippen molar-refractivity contribution in [2.45, 2.75) is 6.54 Å². The van der Waals surface area contributed by atoms with Crippen LogP contribution in [0.2, 0.25) is 10.0 Å². The van der Waals surface area contributed by atoms with Crippen molar-refractivity contribution in [1.29, 1.82) is 0 Å². The van der Waals surface area contributed by atoms with E-state index in [4.69, 9.17) is 27.9 Å². The monoisotopic (exact) mass is 380 g/mol. The van der Waals surface area contributed by atoms with Gasteiger partial charge < -0.3 is 9.30 Å². The number of carbonyl (C=O) groups is 1. The lowest BCUT2D eigenvalue weighted by Crippen LogP contribution is -2.19. The number of ether oxygens (including phenoxy) is 1. The van der Waals surface area contributed by atoms with Crippen LogP contribution in [-0.2, 0) is 11.3 Å². The Morgan fingerprint density at radius 3 is 2.67 bits per heavy atom. The average Bonchev–Trinajstić information content (AvgIpc) is 2.91. The van der Waals surface area contributed by atoms with Crippen LogP contribution in [-0.4, -0.2) is 24.2 Å². The minimum absolute atomic E-state index is 0.376. The lowest BCUT2D eigenvalue weighted by atomic mass is 10.2. The smallest absolute Gasteiger partial charge is 0.281 e. The average molecular weight is 381 g/mol. The summed E-state index contributed by atoms with van der Waals surface area (Å²) in [7, 11) is 1.63. The summed E-state index contributed by atoms with van der Waals surface area (Å²) in [6, 6.07) is 12.5. The highest BCUT2D eigenvalue weighted by Crippen LogP contribution is 2.25. The second kappa shape index (κ2) is 7.49. The van der Waals surface area contributed by atoms with Crippen LogP contribution in [0.5, 0.6) is 0 Å². The Morgan fingerprint density at radius 2 is 1.92 bits per heavy atom. The molecule has 0 fully saturated rings. The van der Waals surface area contributed by atoms with Crippen LogP contribution in [0.15, 0.2) is 47.5 Å². The molecule has 4 nitrogen and oxygen atoms in total. The number of halogens is 2. The molecule has 3 rings (SSSR count). The Bertz CT molecular complexity index is 963. The zero-order valence-electron chi connectivity index (χ0n) is 12.8. The fourth-order valence-corrected chi connectivity index (χ4v) is 3.97. The normalized spacial score (nSPS) is 12.0. The first kappa shape index (κ1) is 17.2. The van der Waals surface area contributed by atoms with Crippen molar-refractivity contribution in [3.8, 4) is 0 Å². The van der Waals surface area contributed by atoms with E-state index >= 15 is 0 Å². The lowest BCUT2D eigenvalue weighted by Gasteiger charge is -2.05. The summed E-state index contributed by atoms with van der Waals surface area (Å²) in [6.45, 7) is 1.04. The topological polar surface area (TPSA) is 43.6 Å². The van der Waals surface area contributed by atoms with Crippen molar-refractivity contribution in [2.75, 3.05) is 13.7 Å². The third-order valence-corrected chi connectivity index (χ3v) is 5.15. The SMILES string of the molecule is COCCn1c(=NC(=O)c2ccccc2Cl)sc2cccc(Cl)c21. The fraction of sp³-hybridized carbons (Fsp3) is 0.176. The van der Waals surface area contributed by atoms with Gasteiger partial charge in [0.2, 0.25) is 0 Å². The van der Waals surface area contributed by atoms with E-state index in [1.165, 1.54) is 11.3 Å². The summed E-state index contributed by atoms with van der Waals surface area (Å²) in [5.74, 6) is -0.380. The van der Waals surface area contributed by atoms with Crippen LogP contribution in [0.3, 0.4) is 0 Å². The molecule has 0 saturated heterocycles. The van der Waals surface area contributed by atoms with Crippen molar-refractivity contribution in [1.82, 2.24) is 4.57 Å². The summed E-state index contributed by atoms with van der Waals surface area (Å²) in [6.07, 6.45) is 0. The molecule has 0 radical (unpaired) electrons. The summed E-state index contributed by atoms with van der Waals surface area (Å²) >= 11 is 13.8. The maximum absolute atomic E-state index is 12.5. The molecule has 1 aromatic heterocycles. The van der Waals surface area contributed by atoms with Crippen LogP contribution in [0.25, 0.3) is 10.2 Å². The number of fused-ring (bicyclic) bond motifs is 1. The summed E-state index contributed by atoms with van der Waals surface area (Å²) in [5, 5.41) is 1.00. The number of hydrogen-bond acceptors (Lipinski definition) is 3. The molecule has 0 aliphatic rings. The van der Waals surface area contributed by atoms with Crippen molar-refractivity contribution in [2.24, 2.45) is 4.99 Å². The molecule has 1 amide bonds. The maximum Gasteiger partial charge on any atom is 0.281 e. The lowest BCUT2D eigenvalue weighted by molar-refractivity contribution is 0.0997. The Balaban J connectivity index is 2.16. The van der Waals surface area contributed by atoms with Gasteiger partial charge in [-0.1, -0.05) is 52.7 Å². The van der Waals surface area contributed by atoms with Gasteiger partial charge in [-0.3, -0.25) is 4.79 Å². The molecule has 2 aromatic carbocycles. The van der Waals surface area contributed by atoms with E-state index < -0.39 is 0 Å².